The van der Waals surface area contributed by atoms with Gasteiger partial charge >= 0.3 is 5.97 Å². The van der Waals surface area contributed by atoms with Gasteiger partial charge in [-0.25, -0.2) is 4.39 Å². The van der Waals surface area contributed by atoms with E-state index in [2.05, 4.69) is 0 Å². The van der Waals surface area contributed by atoms with E-state index in [4.69, 9.17) is 15.6 Å². The molecule has 88 valence electrons. The molecular weight excluding hydrogens is 213 g/mol. The zero-order chi connectivity index (χ0) is 12.2. The molecule has 0 saturated carbocycles. The van der Waals surface area contributed by atoms with Crippen molar-refractivity contribution in [3.63, 3.8) is 0 Å². The summed E-state index contributed by atoms with van der Waals surface area (Å²) in [7, 11) is 1.46. The van der Waals surface area contributed by atoms with E-state index in [0.29, 0.717) is 11.3 Å². The lowest BCUT2D eigenvalue weighted by Gasteiger charge is -2.25. The number of carbonyl (C=O) groups is 1. The molecule has 0 amide bonds. The van der Waals surface area contributed by atoms with Crippen molar-refractivity contribution >= 4 is 5.97 Å². The van der Waals surface area contributed by atoms with Crippen LogP contribution in [0, 0.1) is 0 Å². The van der Waals surface area contributed by atoms with Gasteiger partial charge in [0.25, 0.3) is 0 Å². The van der Waals surface area contributed by atoms with E-state index in [1.165, 1.54) is 19.2 Å². The summed E-state index contributed by atoms with van der Waals surface area (Å²) in [6, 6.07) is 6.28. The van der Waals surface area contributed by atoms with E-state index in [0.717, 1.165) is 0 Å². The van der Waals surface area contributed by atoms with Gasteiger partial charge in [0.15, 0.2) is 0 Å². The van der Waals surface area contributed by atoms with Crippen LogP contribution in [-0.2, 0) is 10.2 Å². The molecule has 0 bridgehead atoms. The summed E-state index contributed by atoms with van der Waals surface area (Å²) < 4.78 is 17.9. The predicted molar refractivity (Wildman–Crippen MR) is 57.3 cm³/mol. The minimum Gasteiger partial charge on any atom is -0.497 e. The van der Waals surface area contributed by atoms with Gasteiger partial charge in [-0.3, -0.25) is 4.79 Å². The van der Waals surface area contributed by atoms with Gasteiger partial charge in [0.1, 0.15) is 17.8 Å². The first-order valence-corrected chi connectivity index (χ1v) is 4.74. The standard InChI is InChI=1S/C11H14FNO3/c1-16-9-4-2-3-8(5-9)11(6-12,7-13)10(14)15/h2-5H,6-7,13H2,1H3,(H,14,15). The zero-order valence-electron chi connectivity index (χ0n) is 8.94. The van der Waals surface area contributed by atoms with Gasteiger partial charge in [-0.1, -0.05) is 12.1 Å². The molecule has 1 atom stereocenters. The van der Waals surface area contributed by atoms with Crippen LogP contribution in [-0.4, -0.2) is 31.4 Å². The molecule has 3 N–H and O–H groups in total. The Bertz CT molecular complexity index is 377. The number of methoxy groups -OCH3 is 1. The third-order valence-electron chi connectivity index (χ3n) is 2.61. The molecule has 0 fully saturated rings. The maximum absolute atomic E-state index is 13.0. The molecule has 4 nitrogen and oxygen atoms in total. The molecular formula is C11H14FNO3. The van der Waals surface area contributed by atoms with Crippen molar-refractivity contribution in [2.45, 2.75) is 5.41 Å². The number of alkyl halides is 1. The van der Waals surface area contributed by atoms with Crippen molar-refractivity contribution in [1.82, 2.24) is 0 Å². The number of hydrogen-bond acceptors (Lipinski definition) is 3. The molecule has 0 aliphatic carbocycles. The number of aliphatic carboxylic acids is 1. The van der Waals surface area contributed by atoms with E-state index in [-0.39, 0.29) is 6.54 Å². The normalized spacial score (nSPS) is 14.2. The van der Waals surface area contributed by atoms with Gasteiger partial charge in [0, 0.05) is 6.54 Å². The molecule has 0 saturated heterocycles. The van der Waals surface area contributed by atoms with E-state index in [9.17, 15) is 9.18 Å². The molecule has 0 radical (unpaired) electrons. The number of benzene rings is 1. The predicted octanol–water partition coefficient (Wildman–Crippen LogP) is 0.946. The Kier molecular flexibility index (Phi) is 3.84. The summed E-state index contributed by atoms with van der Waals surface area (Å²) in [4.78, 5) is 11.1. The Hall–Kier alpha value is -1.62. The highest BCUT2D eigenvalue weighted by molar-refractivity contribution is 5.82. The monoisotopic (exact) mass is 227 g/mol. The number of carboxylic acids is 1. The maximum atomic E-state index is 13.0. The Labute approximate surface area is 92.8 Å². The summed E-state index contributed by atoms with van der Waals surface area (Å²) in [6.45, 7) is -1.35. The van der Waals surface area contributed by atoms with E-state index in [1.54, 1.807) is 12.1 Å². The Morgan fingerprint density at radius 3 is 2.75 bits per heavy atom. The fraction of sp³-hybridized carbons (Fsp3) is 0.364. The molecule has 0 spiro atoms. The fourth-order valence-corrected chi connectivity index (χ4v) is 1.44. The Balaban J connectivity index is 3.25. The number of nitrogens with two attached hydrogens (primary N) is 1. The molecule has 0 aliphatic heterocycles. The van der Waals surface area contributed by atoms with Crippen molar-refractivity contribution in [3.05, 3.63) is 29.8 Å². The largest absolute Gasteiger partial charge is 0.497 e. The maximum Gasteiger partial charge on any atom is 0.318 e. The van der Waals surface area contributed by atoms with Gasteiger partial charge in [0.05, 0.1) is 7.11 Å². The van der Waals surface area contributed by atoms with Crippen LogP contribution in [0.5, 0.6) is 5.75 Å². The fourth-order valence-electron chi connectivity index (χ4n) is 1.44. The van der Waals surface area contributed by atoms with Crippen molar-refractivity contribution in [2.24, 2.45) is 5.73 Å². The molecule has 16 heavy (non-hydrogen) atoms. The quantitative estimate of drug-likeness (QED) is 0.785. The van der Waals surface area contributed by atoms with E-state index in [1.807, 2.05) is 0 Å². The van der Waals surface area contributed by atoms with Gasteiger partial charge in [-0.2, -0.15) is 0 Å². The first-order chi connectivity index (χ1) is 7.60. The van der Waals surface area contributed by atoms with Gasteiger partial charge in [-0.05, 0) is 17.7 Å². The summed E-state index contributed by atoms with van der Waals surface area (Å²) in [6.07, 6.45) is 0. The minimum absolute atomic E-state index is 0.300. The van der Waals surface area contributed by atoms with Crippen molar-refractivity contribution in [2.75, 3.05) is 20.3 Å². The molecule has 0 aliphatic rings. The molecule has 5 heteroatoms. The zero-order valence-corrected chi connectivity index (χ0v) is 8.94. The highest BCUT2D eigenvalue weighted by Crippen LogP contribution is 2.27. The molecule has 1 aromatic carbocycles. The van der Waals surface area contributed by atoms with Gasteiger partial charge in [-0.15, -0.1) is 0 Å². The third kappa shape index (κ3) is 1.99. The smallest absolute Gasteiger partial charge is 0.318 e. The van der Waals surface area contributed by atoms with Crippen LogP contribution in [0.4, 0.5) is 4.39 Å². The lowest BCUT2D eigenvalue weighted by atomic mass is 9.82. The third-order valence-corrected chi connectivity index (χ3v) is 2.61. The van der Waals surface area contributed by atoms with E-state index < -0.39 is 18.1 Å². The van der Waals surface area contributed by atoms with Crippen LogP contribution < -0.4 is 10.5 Å². The highest BCUT2D eigenvalue weighted by atomic mass is 19.1. The van der Waals surface area contributed by atoms with Crippen molar-refractivity contribution in [1.29, 1.82) is 0 Å². The molecule has 1 rings (SSSR count). The van der Waals surface area contributed by atoms with Crippen LogP contribution in [0.3, 0.4) is 0 Å². The summed E-state index contributed by atoms with van der Waals surface area (Å²) in [5.74, 6) is -0.796. The van der Waals surface area contributed by atoms with E-state index >= 15 is 0 Å². The second-order valence-electron chi connectivity index (χ2n) is 3.46. The SMILES string of the molecule is COc1cccc(C(CN)(CF)C(=O)O)c1. The number of carboxylic acid groups (broad SMARTS) is 1. The molecule has 1 aromatic rings. The second kappa shape index (κ2) is 4.94. The average Bonchev–Trinajstić information content (AvgIpc) is 2.31. The van der Waals surface area contributed by atoms with Crippen LogP contribution in [0.2, 0.25) is 0 Å². The first kappa shape index (κ1) is 12.4. The Morgan fingerprint density at radius 2 is 2.31 bits per heavy atom. The second-order valence-corrected chi connectivity index (χ2v) is 3.46. The van der Waals surface area contributed by atoms with Crippen molar-refractivity contribution in [3.8, 4) is 5.75 Å². The minimum atomic E-state index is -1.69. The topological polar surface area (TPSA) is 72.5 Å². The number of rotatable bonds is 5. The van der Waals surface area contributed by atoms with Gasteiger partial charge in [0.2, 0.25) is 0 Å². The van der Waals surface area contributed by atoms with Crippen LogP contribution >= 0.6 is 0 Å². The molecule has 0 heterocycles. The van der Waals surface area contributed by atoms with Crippen LogP contribution in [0.25, 0.3) is 0 Å². The average molecular weight is 227 g/mol. The molecule has 0 aromatic heterocycles. The summed E-state index contributed by atoms with van der Waals surface area (Å²) >= 11 is 0. The number of hydrogen-bond donors (Lipinski definition) is 2. The number of ether oxygens (including phenoxy) is 1. The lowest BCUT2D eigenvalue weighted by Crippen LogP contribution is -2.45. The summed E-state index contributed by atoms with van der Waals surface area (Å²) in [5.41, 5.74) is 4.00. The Morgan fingerprint density at radius 1 is 1.62 bits per heavy atom. The summed E-state index contributed by atoms with van der Waals surface area (Å²) in [5, 5.41) is 9.08. The van der Waals surface area contributed by atoms with Gasteiger partial charge < -0.3 is 15.6 Å². The van der Waals surface area contributed by atoms with Crippen LogP contribution in [0.1, 0.15) is 5.56 Å². The highest BCUT2D eigenvalue weighted by Gasteiger charge is 2.39. The molecule has 1 unspecified atom stereocenters. The first-order valence-electron chi connectivity index (χ1n) is 4.74. The van der Waals surface area contributed by atoms with Crippen LogP contribution in [0.15, 0.2) is 24.3 Å². The lowest BCUT2D eigenvalue weighted by molar-refractivity contribution is -0.144. The van der Waals surface area contributed by atoms with Crippen molar-refractivity contribution < 1.29 is 19.0 Å². The number of halogens is 1.